The second-order valence-corrected chi connectivity index (χ2v) is 10.2. The van der Waals surface area contributed by atoms with E-state index in [1.807, 2.05) is 81.6 Å². The molecule has 7 heteroatoms. The largest absolute Gasteiger partial charge is 0.364 e. The molecule has 2 amide bonds. The number of hydrogen-bond acceptors (Lipinski definition) is 3. The second-order valence-electron chi connectivity index (χ2n) is 10.2. The number of imidazole rings is 1. The number of rotatable bonds is 7. The average molecular weight is 521 g/mol. The van der Waals surface area contributed by atoms with Crippen molar-refractivity contribution in [2.24, 2.45) is 5.73 Å². The summed E-state index contributed by atoms with van der Waals surface area (Å²) in [5.74, 6) is -1.12. The van der Waals surface area contributed by atoms with Crippen LogP contribution in [0.4, 0.5) is 4.39 Å². The maximum Gasteiger partial charge on any atom is 0.267 e. The Labute approximate surface area is 226 Å². The summed E-state index contributed by atoms with van der Waals surface area (Å²) in [5.41, 5.74) is 11.6. The van der Waals surface area contributed by atoms with E-state index in [1.54, 1.807) is 22.6 Å². The molecule has 3 aromatic carbocycles. The molecule has 0 unspecified atom stereocenters. The monoisotopic (exact) mass is 520 g/mol. The number of nitrogens with zero attached hydrogens (tertiary/aromatic N) is 2. The molecule has 0 atom stereocenters. The molecule has 2 aromatic heterocycles. The molecule has 0 aliphatic carbocycles. The number of amides is 2. The third-order valence-corrected chi connectivity index (χ3v) is 6.94. The fourth-order valence-corrected chi connectivity index (χ4v) is 4.79. The van der Waals surface area contributed by atoms with Crippen molar-refractivity contribution in [3.63, 3.8) is 0 Å². The number of nitrogens with one attached hydrogen (secondary N) is 1. The number of halogens is 1. The van der Waals surface area contributed by atoms with E-state index < -0.39 is 11.4 Å². The number of carbonyl (C=O) groups is 2. The van der Waals surface area contributed by atoms with Crippen LogP contribution in [-0.4, -0.2) is 21.2 Å². The van der Waals surface area contributed by atoms with Gasteiger partial charge in [-0.3, -0.25) is 14.0 Å². The van der Waals surface area contributed by atoms with Crippen molar-refractivity contribution in [2.45, 2.75) is 32.7 Å². The first-order valence-electron chi connectivity index (χ1n) is 12.7. The Morgan fingerprint density at radius 2 is 1.69 bits per heavy atom. The first kappa shape index (κ1) is 25.9. The maximum atomic E-state index is 13.4. The lowest BCUT2D eigenvalue weighted by Crippen LogP contribution is -2.40. The lowest BCUT2D eigenvalue weighted by Gasteiger charge is -2.27. The number of aryl methyl sites for hydroxylation is 1. The molecule has 0 radical (unpaired) electrons. The molecule has 0 aliphatic heterocycles. The van der Waals surface area contributed by atoms with Crippen LogP contribution in [-0.2, 0) is 12.0 Å². The minimum Gasteiger partial charge on any atom is -0.364 e. The summed E-state index contributed by atoms with van der Waals surface area (Å²) < 4.78 is 15.0. The lowest BCUT2D eigenvalue weighted by atomic mass is 9.93. The van der Waals surface area contributed by atoms with Crippen LogP contribution in [0.5, 0.6) is 0 Å². The van der Waals surface area contributed by atoms with Crippen molar-refractivity contribution in [3.05, 3.63) is 131 Å². The van der Waals surface area contributed by atoms with Crippen molar-refractivity contribution >= 4 is 17.5 Å². The number of benzene rings is 3. The Morgan fingerprint density at radius 1 is 0.974 bits per heavy atom. The van der Waals surface area contributed by atoms with Gasteiger partial charge in [0.25, 0.3) is 11.8 Å². The van der Waals surface area contributed by atoms with Crippen molar-refractivity contribution in [2.75, 3.05) is 0 Å². The zero-order chi connectivity index (χ0) is 27.7. The van der Waals surface area contributed by atoms with Crippen LogP contribution in [0.2, 0.25) is 0 Å². The minimum absolute atomic E-state index is 0.187. The lowest BCUT2D eigenvalue weighted by molar-refractivity contribution is 0.0911. The fraction of sp³-hybridized carbons (Fsp3) is 0.156. The van der Waals surface area contributed by atoms with Gasteiger partial charge in [0.05, 0.1) is 11.2 Å². The van der Waals surface area contributed by atoms with Crippen LogP contribution in [0.3, 0.4) is 0 Å². The van der Waals surface area contributed by atoms with Crippen LogP contribution in [0.1, 0.15) is 57.1 Å². The standard InChI is InChI=1S/C32H29FN4O2/c1-20-9-12-22(31(39)36-32(2,3)24-7-5-4-6-8-24)18-26(20)23-13-16-28-35-27(29(30(34)38)37(28)19-23)17-21-10-14-25(33)15-11-21/h4-16,18-19H,17H2,1-3H3,(H2,34,38)(H,36,39). The van der Waals surface area contributed by atoms with Gasteiger partial charge in [-0.15, -0.1) is 0 Å². The summed E-state index contributed by atoms with van der Waals surface area (Å²) >= 11 is 0. The molecule has 0 aliphatic rings. The van der Waals surface area contributed by atoms with Crippen molar-refractivity contribution in [3.8, 4) is 11.1 Å². The van der Waals surface area contributed by atoms with E-state index in [0.717, 1.165) is 27.8 Å². The topological polar surface area (TPSA) is 89.5 Å². The van der Waals surface area contributed by atoms with Gasteiger partial charge in [-0.05, 0) is 85.0 Å². The predicted molar refractivity (Wildman–Crippen MR) is 150 cm³/mol. The molecule has 2 heterocycles. The van der Waals surface area contributed by atoms with Crippen LogP contribution in [0.25, 0.3) is 16.8 Å². The van der Waals surface area contributed by atoms with E-state index in [0.29, 0.717) is 23.3 Å². The summed E-state index contributed by atoms with van der Waals surface area (Å²) in [7, 11) is 0. The normalized spacial score (nSPS) is 11.5. The summed E-state index contributed by atoms with van der Waals surface area (Å²) in [5, 5.41) is 3.13. The number of aromatic nitrogens is 2. The smallest absolute Gasteiger partial charge is 0.267 e. The molecule has 6 nitrogen and oxygen atoms in total. The number of fused-ring (bicyclic) bond motifs is 1. The molecule has 196 valence electrons. The predicted octanol–water partition coefficient (Wildman–Crippen LogP) is 5.80. The molecule has 0 fully saturated rings. The molecular formula is C32H29FN4O2. The highest BCUT2D eigenvalue weighted by atomic mass is 19.1. The highest BCUT2D eigenvalue weighted by Crippen LogP contribution is 2.28. The first-order valence-corrected chi connectivity index (χ1v) is 12.7. The number of pyridine rings is 1. The highest BCUT2D eigenvalue weighted by molar-refractivity contribution is 5.96. The number of hydrogen-bond donors (Lipinski definition) is 2. The van der Waals surface area contributed by atoms with Gasteiger partial charge in [0, 0.05) is 18.2 Å². The van der Waals surface area contributed by atoms with Gasteiger partial charge in [0.15, 0.2) is 0 Å². The zero-order valence-electron chi connectivity index (χ0n) is 22.0. The number of carbonyl (C=O) groups excluding carboxylic acids is 2. The minimum atomic E-state index is -0.607. The third-order valence-electron chi connectivity index (χ3n) is 6.94. The van der Waals surface area contributed by atoms with Gasteiger partial charge in [-0.2, -0.15) is 0 Å². The Hall–Kier alpha value is -4.78. The molecule has 3 N–H and O–H groups in total. The summed E-state index contributed by atoms with van der Waals surface area (Å²) in [6.07, 6.45) is 2.15. The van der Waals surface area contributed by atoms with E-state index in [-0.39, 0.29) is 17.4 Å². The summed E-state index contributed by atoms with van der Waals surface area (Å²) in [6.45, 7) is 5.91. The van der Waals surface area contributed by atoms with Crippen molar-refractivity contribution in [1.29, 1.82) is 0 Å². The number of primary amides is 1. The molecule has 5 rings (SSSR count). The van der Waals surface area contributed by atoms with E-state index in [1.165, 1.54) is 12.1 Å². The molecule has 39 heavy (non-hydrogen) atoms. The maximum absolute atomic E-state index is 13.4. The first-order chi connectivity index (χ1) is 18.6. The van der Waals surface area contributed by atoms with Gasteiger partial charge in [0.1, 0.15) is 17.2 Å². The fourth-order valence-electron chi connectivity index (χ4n) is 4.79. The van der Waals surface area contributed by atoms with E-state index >= 15 is 0 Å². The van der Waals surface area contributed by atoms with E-state index in [2.05, 4.69) is 10.3 Å². The summed E-state index contributed by atoms with van der Waals surface area (Å²) in [4.78, 5) is 30.4. The van der Waals surface area contributed by atoms with Gasteiger partial charge >= 0.3 is 0 Å². The zero-order valence-corrected chi connectivity index (χ0v) is 22.0. The van der Waals surface area contributed by atoms with Crippen LogP contribution < -0.4 is 11.1 Å². The molecule has 0 spiro atoms. The van der Waals surface area contributed by atoms with Gasteiger partial charge < -0.3 is 11.1 Å². The van der Waals surface area contributed by atoms with Crippen molar-refractivity contribution < 1.29 is 14.0 Å². The molecule has 0 saturated heterocycles. The van der Waals surface area contributed by atoms with E-state index in [4.69, 9.17) is 5.73 Å². The second kappa shape index (κ2) is 10.2. The summed E-state index contributed by atoms with van der Waals surface area (Å²) in [6, 6.07) is 25.2. The molecular weight excluding hydrogens is 491 g/mol. The molecule has 0 bridgehead atoms. The Morgan fingerprint density at radius 3 is 2.38 bits per heavy atom. The Bertz CT molecular complexity index is 1690. The van der Waals surface area contributed by atoms with Crippen LogP contribution >= 0.6 is 0 Å². The molecule has 0 saturated carbocycles. The highest BCUT2D eigenvalue weighted by Gasteiger charge is 2.24. The van der Waals surface area contributed by atoms with E-state index in [9.17, 15) is 14.0 Å². The van der Waals surface area contributed by atoms with Crippen LogP contribution in [0, 0.1) is 12.7 Å². The number of nitrogens with two attached hydrogens (primary N) is 1. The van der Waals surface area contributed by atoms with Gasteiger partial charge in [-0.1, -0.05) is 48.5 Å². The third kappa shape index (κ3) is 5.29. The Kier molecular flexibility index (Phi) is 6.74. The average Bonchev–Trinajstić information content (AvgIpc) is 3.27. The SMILES string of the molecule is Cc1ccc(C(=O)NC(C)(C)c2ccccc2)cc1-c1ccc2nc(Cc3ccc(F)cc3)c(C(N)=O)n2c1. The van der Waals surface area contributed by atoms with Gasteiger partial charge in [0.2, 0.25) is 0 Å². The molecule has 5 aromatic rings. The Balaban J connectivity index is 1.50. The van der Waals surface area contributed by atoms with Crippen molar-refractivity contribution in [1.82, 2.24) is 14.7 Å². The van der Waals surface area contributed by atoms with Crippen LogP contribution in [0.15, 0.2) is 91.1 Å². The van der Waals surface area contributed by atoms with Gasteiger partial charge in [-0.25, -0.2) is 9.37 Å². The quantitative estimate of drug-likeness (QED) is 0.284.